The van der Waals surface area contributed by atoms with E-state index in [9.17, 15) is 4.79 Å². The molecule has 0 unspecified atom stereocenters. The Balaban J connectivity index is 2.35. The lowest BCUT2D eigenvalue weighted by Gasteiger charge is -2.04. The van der Waals surface area contributed by atoms with Gasteiger partial charge in [-0.3, -0.25) is 0 Å². The molecule has 0 fully saturated rings. The summed E-state index contributed by atoms with van der Waals surface area (Å²) in [6.45, 7) is 0. The standard InChI is InChI=1S/C9H7ClO3/c10-6-3-1-2-5-4-7(9(11)12)13-8(5)6/h1-3,7H,4H2,(H,11,12)/t7-/m1/s1. The number of aliphatic carboxylic acids is 1. The van der Waals surface area contributed by atoms with Crippen LogP contribution in [-0.4, -0.2) is 17.2 Å². The van der Waals surface area contributed by atoms with Crippen LogP contribution in [0.25, 0.3) is 0 Å². The van der Waals surface area contributed by atoms with E-state index in [1.807, 2.05) is 6.07 Å². The summed E-state index contributed by atoms with van der Waals surface area (Å²) >= 11 is 5.82. The van der Waals surface area contributed by atoms with Crippen LogP contribution in [0.15, 0.2) is 18.2 Å². The molecule has 3 nitrogen and oxygen atoms in total. The van der Waals surface area contributed by atoms with Crippen LogP contribution in [0.3, 0.4) is 0 Å². The lowest BCUT2D eigenvalue weighted by molar-refractivity contribution is -0.144. The molecule has 0 saturated carbocycles. The summed E-state index contributed by atoms with van der Waals surface area (Å²) in [5, 5.41) is 9.18. The number of carboxylic acids is 1. The molecule has 0 amide bonds. The molecule has 0 saturated heterocycles. The van der Waals surface area contributed by atoms with Gasteiger partial charge in [-0.25, -0.2) is 4.79 Å². The van der Waals surface area contributed by atoms with E-state index in [0.29, 0.717) is 17.2 Å². The van der Waals surface area contributed by atoms with Gasteiger partial charge < -0.3 is 9.84 Å². The van der Waals surface area contributed by atoms with Gasteiger partial charge in [0.15, 0.2) is 6.10 Å². The van der Waals surface area contributed by atoms with E-state index in [0.717, 1.165) is 5.56 Å². The van der Waals surface area contributed by atoms with Crippen LogP contribution in [0.1, 0.15) is 5.56 Å². The smallest absolute Gasteiger partial charge is 0.345 e. The van der Waals surface area contributed by atoms with Crippen LogP contribution in [0.5, 0.6) is 5.75 Å². The minimum atomic E-state index is -0.952. The normalized spacial score (nSPS) is 19.3. The van der Waals surface area contributed by atoms with Crippen molar-refractivity contribution in [3.63, 3.8) is 0 Å². The van der Waals surface area contributed by atoms with Crippen LogP contribution >= 0.6 is 11.6 Å². The number of halogens is 1. The van der Waals surface area contributed by atoms with E-state index in [2.05, 4.69) is 0 Å². The average Bonchev–Trinajstić information content (AvgIpc) is 2.49. The monoisotopic (exact) mass is 198 g/mol. The van der Waals surface area contributed by atoms with E-state index in [1.165, 1.54) is 0 Å². The van der Waals surface area contributed by atoms with Gasteiger partial charge in [-0.05, 0) is 6.07 Å². The molecule has 0 aliphatic carbocycles. The second kappa shape index (κ2) is 2.92. The number of para-hydroxylation sites is 1. The first-order chi connectivity index (χ1) is 6.18. The summed E-state index contributed by atoms with van der Waals surface area (Å²) in [5.74, 6) is -0.441. The van der Waals surface area contributed by atoms with Crippen LogP contribution in [0.4, 0.5) is 0 Å². The van der Waals surface area contributed by atoms with Gasteiger partial charge in [0.05, 0.1) is 5.02 Å². The fourth-order valence-corrected chi connectivity index (χ4v) is 1.61. The van der Waals surface area contributed by atoms with Gasteiger partial charge in [-0.15, -0.1) is 0 Å². The SMILES string of the molecule is O=C(O)[C@H]1Cc2cccc(Cl)c2O1. The zero-order valence-corrected chi connectivity index (χ0v) is 7.41. The molecule has 0 aromatic heterocycles. The number of hydrogen-bond donors (Lipinski definition) is 1. The predicted octanol–water partition coefficient (Wildman–Crippen LogP) is 1.73. The highest BCUT2D eigenvalue weighted by Gasteiger charge is 2.29. The van der Waals surface area contributed by atoms with Gasteiger partial charge in [0.1, 0.15) is 5.75 Å². The highest BCUT2D eigenvalue weighted by Crippen LogP contribution is 2.35. The third kappa shape index (κ3) is 1.35. The molecular formula is C9H7ClO3. The zero-order chi connectivity index (χ0) is 9.42. The van der Waals surface area contributed by atoms with Crippen molar-refractivity contribution >= 4 is 17.6 Å². The Labute approximate surface area is 79.9 Å². The Bertz CT molecular complexity index is 362. The van der Waals surface area contributed by atoms with Crippen LogP contribution in [-0.2, 0) is 11.2 Å². The average molecular weight is 199 g/mol. The Kier molecular flexibility index (Phi) is 1.88. The summed E-state index contributed by atoms with van der Waals surface area (Å²) in [6, 6.07) is 5.30. The number of ether oxygens (including phenoxy) is 1. The van der Waals surface area contributed by atoms with Gasteiger partial charge >= 0.3 is 5.97 Å². The molecule has 1 aliphatic rings. The zero-order valence-electron chi connectivity index (χ0n) is 6.66. The third-order valence-corrected chi connectivity index (χ3v) is 2.29. The molecule has 68 valence electrons. The van der Waals surface area contributed by atoms with E-state index in [-0.39, 0.29) is 0 Å². The van der Waals surface area contributed by atoms with Gasteiger partial charge in [-0.2, -0.15) is 0 Å². The molecule has 1 N–H and O–H groups in total. The number of carbonyl (C=O) groups is 1. The predicted molar refractivity (Wildman–Crippen MR) is 47.2 cm³/mol. The van der Waals surface area contributed by atoms with Gasteiger partial charge in [-0.1, -0.05) is 23.7 Å². The minimum Gasteiger partial charge on any atom is -0.478 e. The lowest BCUT2D eigenvalue weighted by Crippen LogP contribution is -2.24. The van der Waals surface area contributed by atoms with Gasteiger partial charge in [0.25, 0.3) is 0 Å². The fraction of sp³-hybridized carbons (Fsp3) is 0.222. The van der Waals surface area contributed by atoms with Crippen molar-refractivity contribution in [1.82, 2.24) is 0 Å². The molecule has 13 heavy (non-hydrogen) atoms. The molecule has 1 atom stereocenters. The summed E-state index contributed by atoms with van der Waals surface area (Å²) < 4.78 is 5.17. The molecule has 4 heteroatoms. The molecule has 1 heterocycles. The molecule has 0 radical (unpaired) electrons. The maximum Gasteiger partial charge on any atom is 0.345 e. The number of fused-ring (bicyclic) bond motifs is 1. The van der Waals surface area contributed by atoms with Crippen molar-refractivity contribution in [3.8, 4) is 5.75 Å². The van der Waals surface area contributed by atoms with Crippen LogP contribution in [0.2, 0.25) is 5.02 Å². The first-order valence-corrected chi connectivity index (χ1v) is 4.23. The van der Waals surface area contributed by atoms with Crippen molar-refractivity contribution in [2.75, 3.05) is 0 Å². The second-order valence-electron chi connectivity index (χ2n) is 2.88. The number of carboxylic acid groups (broad SMARTS) is 1. The Hall–Kier alpha value is -1.22. The quantitative estimate of drug-likeness (QED) is 0.748. The molecule has 0 bridgehead atoms. The summed E-state index contributed by atoms with van der Waals surface area (Å²) in [4.78, 5) is 10.6. The summed E-state index contributed by atoms with van der Waals surface area (Å²) in [5.41, 5.74) is 0.861. The second-order valence-corrected chi connectivity index (χ2v) is 3.28. The number of hydrogen-bond acceptors (Lipinski definition) is 2. The molecule has 0 spiro atoms. The molecule has 1 aromatic carbocycles. The molecule has 1 aromatic rings. The Morgan fingerprint density at radius 1 is 1.62 bits per heavy atom. The van der Waals surface area contributed by atoms with Gasteiger partial charge in [0, 0.05) is 12.0 Å². The maximum absolute atomic E-state index is 10.6. The first kappa shape index (κ1) is 8.38. The van der Waals surface area contributed by atoms with Crippen molar-refractivity contribution in [3.05, 3.63) is 28.8 Å². The largest absolute Gasteiger partial charge is 0.478 e. The minimum absolute atomic E-state index is 0.394. The Morgan fingerprint density at radius 2 is 2.38 bits per heavy atom. The van der Waals surface area contributed by atoms with E-state index < -0.39 is 12.1 Å². The van der Waals surface area contributed by atoms with E-state index in [4.69, 9.17) is 21.4 Å². The summed E-state index contributed by atoms with van der Waals surface area (Å²) in [7, 11) is 0. The van der Waals surface area contributed by atoms with Crippen LogP contribution < -0.4 is 4.74 Å². The highest BCUT2D eigenvalue weighted by atomic mass is 35.5. The van der Waals surface area contributed by atoms with Crippen molar-refractivity contribution in [2.45, 2.75) is 12.5 Å². The molecular weight excluding hydrogens is 192 g/mol. The first-order valence-electron chi connectivity index (χ1n) is 3.85. The molecule has 2 rings (SSSR count). The topological polar surface area (TPSA) is 46.5 Å². The lowest BCUT2D eigenvalue weighted by atomic mass is 10.1. The van der Waals surface area contributed by atoms with E-state index in [1.54, 1.807) is 12.1 Å². The van der Waals surface area contributed by atoms with E-state index >= 15 is 0 Å². The fourth-order valence-electron chi connectivity index (χ4n) is 1.37. The van der Waals surface area contributed by atoms with Crippen molar-refractivity contribution in [1.29, 1.82) is 0 Å². The number of rotatable bonds is 1. The van der Waals surface area contributed by atoms with Crippen LogP contribution in [0, 0.1) is 0 Å². The molecule has 1 aliphatic heterocycles. The number of benzene rings is 1. The summed E-state index contributed by atoms with van der Waals surface area (Å²) in [6.07, 6.45) is -0.388. The van der Waals surface area contributed by atoms with Crippen molar-refractivity contribution in [2.24, 2.45) is 0 Å². The Morgan fingerprint density at radius 3 is 3.00 bits per heavy atom. The van der Waals surface area contributed by atoms with Crippen molar-refractivity contribution < 1.29 is 14.6 Å². The maximum atomic E-state index is 10.6. The highest BCUT2D eigenvalue weighted by molar-refractivity contribution is 6.32. The third-order valence-electron chi connectivity index (χ3n) is 1.99. The van der Waals surface area contributed by atoms with Gasteiger partial charge in [0.2, 0.25) is 0 Å².